The first kappa shape index (κ1) is 12.4. The van der Waals surface area contributed by atoms with E-state index in [4.69, 9.17) is 25.5 Å². The van der Waals surface area contributed by atoms with Crippen LogP contribution in [0, 0.1) is 0 Å². The lowest BCUT2D eigenvalue weighted by molar-refractivity contribution is -0.207. The Morgan fingerprint density at radius 2 is 1.85 bits per heavy atom. The van der Waals surface area contributed by atoms with E-state index in [2.05, 4.69) is 0 Å². The maximum Gasteiger partial charge on any atom is 0.297 e. The predicted molar refractivity (Wildman–Crippen MR) is 37.3 cm³/mol. The Morgan fingerprint density at radius 1 is 1.38 bits per heavy atom. The molecule has 0 aromatic carbocycles. The molecule has 0 saturated heterocycles. The van der Waals surface area contributed by atoms with Crippen molar-refractivity contribution in [3.8, 4) is 0 Å². The summed E-state index contributed by atoms with van der Waals surface area (Å²) >= 11 is 0. The van der Waals surface area contributed by atoms with Gasteiger partial charge in [0.05, 0.1) is 6.61 Å². The fraction of sp³-hybridized carbons (Fsp3) is 0.833. The van der Waals surface area contributed by atoms with Crippen molar-refractivity contribution in [3.05, 3.63) is 0 Å². The number of carbonyl (C=O) groups excluding carboxylic acids is 1. The van der Waals surface area contributed by atoms with E-state index in [9.17, 15) is 9.18 Å². The Hall–Kier alpha value is -0.600. The van der Waals surface area contributed by atoms with Crippen LogP contribution < -0.4 is 0 Å². The van der Waals surface area contributed by atoms with Crippen molar-refractivity contribution in [1.82, 2.24) is 0 Å². The first-order valence-electron chi connectivity index (χ1n) is 3.40. The number of halogens is 1. The molecule has 0 aromatic heterocycles. The van der Waals surface area contributed by atoms with Gasteiger partial charge < -0.3 is 25.5 Å². The molecule has 7 heteroatoms. The highest BCUT2D eigenvalue weighted by molar-refractivity contribution is 5.87. The van der Waals surface area contributed by atoms with Gasteiger partial charge in [0.1, 0.15) is 18.8 Å². The Kier molecular flexibility index (Phi) is 4.37. The van der Waals surface area contributed by atoms with Crippen LogP contribution in [0.5, 0.6) is 0 Å². The molecule has 0 spiro atoms. The van der Waals surface area contributed by atoms with Gasteiger partial charge in [-0.1, -0.05) is 0 Å². The smallest absolute Gasteiger partial charge is 0.297 e. The highest BCUT2D eigenvalue weighted by Crippen LogP contribution is 2.16. The van der Waals surface area contributed by atoms with Crippen LogP contribution in [-0.2, 0) is 4.79 Å². The van der Waals surface area contributed by atoms with E-state index < -0.39 is 37.1 Å². The van der Waals surface area contributed by atoms with Crippen LogP contribution >= 0.6 is 0 Å². The number of aliphatic hydroxyl groups is 5. The summed E-state index contributed by atoms with van der Waals surface area (Å²) in [7, 11) is 0. The molecule has 0 amide bonds. The van der Waals surface area contributed by atoms with Crippen LogP contribution in [0.1, 0.15) is 0 Å². The lowest BCUT2D eigenvalue weighted by atomic mass is 10.0. The van der Waals surface area contributed by atoms with Gasteiger partial charge in [-0.2, -0.15) is 0 Å². The van der Waals surface area contributed by atoms with Crippen LogP contribution in [0.25, 0.3) is 0 Å². The Morgan fingerprint density at radius 3 is 2.15 bits per heavy atom. The van der Waals surface area contributed by atoms with Crippen LogP contribution in [0.4, 0.5) is 4.39 Å². The summed E-state index contributed by atoms with van der Waals surface area (Å²) < 4.78 is 12.8. The maximum atomic E-state index is 12.8. The molecule has 0 aliphatic carbocycles. The number of hydrogen-bond acceptors (Lipinski definition) is 6. The summed E-state index contributed by atoms with van der Waals surface area (Å²) in [6.45, 7) is -2.34. The van der Waals surface area contributed by atoms with Gasteiger partial charge in [-0.3, -0.25) is 4.79 Å². The average Bonchev–Trinajstić information content (AvgIpc) is 2.13. The van der Waals surface area contributed by atoms with Crippen LogP contribution in [0.3, 0.4) is 0 Å². The Bertz CT molecular complexity index is 182. The zero-order valence-corrected chi connectivity index (χ0v) is 6.59. The van der Waals surface area contributed by atoms with Crippen LogP contribution in [0.2, 0.25) is 0 Å². The molecule has 0 fully saturated rings. The molecular formula is C6H11FO6. The molecule has 3 atom stereocenters. The second-order valence-corrected chi connectivity index (χ2v) is 2.45. The highest BCUT2D eigenvalue weighted by Gasteiger charge is 2.46. The zero-order valence-electron chi connectivity index (χ0n) is 6.59. The third kappa shape index (κ3) is 2.68. The van der Waals surface area contributed by atoms with Crippen molar-refractivity contribution >= 4 is 5.78 Å². The Labute approximate surface area is 72.9 Å². The summed E-state index contributed by atoms with van der Waals surface area (Å²) in [5.41, 5.74) is 0. The molecule has 0 rings (SSSR count). The largest absolute Gasteiger partial charge is 0.394 e. The van der Waals surface area contributed by atoms with Crippen molar-refractivity contribution in [2.24, 2.45) is 0 Å². The van der Waals surface area contributed by atoms with Crippen LogP contribution in [-0.4, -0.2) is 62.6 Å². The second kappa shape index (κ2) is 4.58. The number of aliphatic hydroxyl groups excluding tert-OH is 4. The van der Waals surface area contributed by atoms with E-state index in [1.165, 1.54) is 0 Å². The minimum atomic E-state index is -3.75. The van der Waals surface area contributed by atoms with E-state index in [0.717, 1.165) is 0 Å². The molecule has 13 heavy (non-hydrogen) atoms. The molecule has 0 bridgehead atoms. The average molecular weight is 198 g/mol. The third-order valence-electron chi connectivity index (χ3n) is 1.48. The van der Waals surface area contributed by atoms with E-state index in [1.54, 1.807) is 0 Å². The van der Waals surface area contributed by atoms with E-state index in [-0.39, 0.29) is 0 Å². The van der Waals surface area contributed by atoms with Crippen molar-refractivity contribution < 1.29 is 34.7 Å². The van der Waals surface area contributed by atoms with Crippen molar-refractivity contribution in [2.75, 3.05) is 13.2 Å². The van der Waals surface area contributed by atoms with Gasteiger partial charge in [-0.05, 0) is 0 Å². The molecule has 0 aliphatic heterocycles. The molecule has 78 valence electrons. The third-order valence-corrected chi connectivity index (χ3v) is 1.48. The fourth-order valence-corrected chi connectivity index (χ4v) is 0.631. The fourth-order valence-electron chi connectivity index (χ4n) is 0.631. The minimum Gasteiger partial charge on any atom is -0.394 e. The zero-order chi connectivity index (χ0) is 10.6. The molecule has 0 radical (unpaired) electrons. The highest BCUT2D eigenvalue weighted by atomic mass is 19.2. The quantitative estimate of drug-likeness (QED) is 0.319. The predicted octanol–water partition coefficient (Wildman–Crippen LogP) is -3.08. The SMILES string of the molecule is O=C(CO)C(O)(F)C(O)C(O)CO. The second-order valence-electron chi connectivity index (χ2n) is 2.45. The summed E-state index contributed by atoms with van der Waals surface area (Å²) in [6, 6.07) is 0. The summed E-state index contributed by atoms with van der Waals surface area (Å²) in [4.78, 5) is 10.5. The lowest BCUT2D eigenvalue weighted by Crippen LogP contribution is -2.53. The molecule has 0 heterocycles. The molecular weight excluding hydrogens is 187 g/mol. The topological polar surface area (TPSA) is 118 Å². The lowest BCUT2D eigenvalue weighted by Gasteiger charge is -2.25. The number of hydrogen-bond donors (Lipinski definition) is 5. The van der Waals surface area contributed by atoms with E-state index in [0.29, 0.717) is 0 Å². The molecule has 0 aliphatic rings. The van der Waals surface area contributed by atoms with Gasteiger partial charge in [0.2, 0.25) is 5.78 Å². The number of alkyl halides is 1. The van der Waals surface area contributed by atoms with Gasteiger partial charge in [-0.15, -0.1) is 0 Å². The number of ketones is 1. The molecule has 3 unspecified atom stereocenters. The molecule has 0 aromatic rings. The number of carbonyl (C=O) groups is 1. The van der Waals surface area contributed by atoms with E-state index >= 15 is 0 Å². The van der Waals surface area contributed by atoms with Crippen molar-refractivity contribution in [1.29, 1.82) is 0 Å². The first-order chi connectivity index (χ1) is 5.87. The monoisotopic (exact) mass is 198 g/mol. The summed E-state index contributed by atoms with van der Waals surface area (Å²) in [5.74, 6) is -5.44. The molecule has 5 N–H and O–H groups in total. The normalized spacial score (nSPS) is 20.5. The first-order valence-corrected chi connectivity index (χ1v) is 3.40. The summed E-state index contributed by atoms with van der Waals surface area (Å²) in [6.07, 6.45) is -4.48. The van der Waals surface area contributed by atoms with Crippen molar-refractivity contribution in [2.45, 2.75) is 18.1 Å². The van der Waals surface area contributed by atoms with Crippen LogP contribution in [0.15, 0.2) is 0 Å². The van der Waals surface area contributed by atoms with Gasteiger partial charge in [0.15, 0.2) is 0 Å². The minimum absolute atomic E-state index is 1.02. The van der Waals surface area contributed by atoms with Gasteiger partial charge in [0, 0.05) is 0 Å². The van der Waals surface area contributed by atoms with Gasteiger partial charge in [-0.25, -0.2) is 4.39 Å². The summed E-state index contributed by atoms with van der Waals surface area (Å²) in [5, 5.41) is 42.5. The standard InChI is InChI=1S/C6H11FO6/c7-6(13,4(11)2-9)5(12)3(10)1-8/h3,5,8-10,12-13H,1-2H2. The van der Waals surface area contributed by atoms with Gasteiger partial charge in [0.25, 0.3) is 5.85 Å². The maximum absolute atomic E-state index is 12.8. The number of rotatable bonds is 5. The number of Topliss-reactive ketones (excluding diaryl/α,β-unsaturated/α-hetero) is 1. The van der Waals surface area contributed by atoms with Gasteiger partial charge >= 0.3 is 0 Å². The molecule has 0 saturated carbocycles. The molecule has 6 nitrogen and oxygen atoms in total. The van der Waals surface area contributed by atoms with E-state index in [1.807, 2.05) is 0 Å². The van der Waals surface area contributed by atoms with Crippen molar-refractivity contribution in [3.63, 3.8) is 0 Å². The Balaban J connectivity index is 4.52.